The van der Waals surface area contributed by atoms with Gasteiger partial charge < -0.3 is 4.74 Å². The van der Waals surface area contributed by atoms with Crippen LogP contribution in [0.4, 0.5) is 0 Å². The van der Waals surface area contributed by atoms with Gasteiger partial charge in [-0.2, -0.15) is 0 Å². The molecule has 88 valence electrons. The molecule has 0 aliphatic rings. The Morgan fingerprint density at radius 1 is 1.06 bits per heavy atom. The summed E-state index contributed by atoms with van der Waals surface area (Å²) in [6, 6.07) is 16.3. The lowest BCUT2D eigenvalue weighted by Crippen LogP contribution is -2.19. The lowest BCUT2D eigenvalue weighted by Gasteiger charge is -2.15. The van der Waals surface area contributed by atoms with Crippen molar-refractivity contribution in [2.24, 2.45) is 5.73 Å². The van der Waals surface area contributed by atoms with E-state index < -0.39 is 6.23 Å². The van der Waals surface area contributed by atoms with Crippen LogP contribution in [0.2, 0.25) is 0 Å². The zero-order valence-corrected chi connectivity index (χ0v) is 9.84. The molecule has 0 heterocycles. The van der Waals surface area contributed by atoms with Gasteiger partial charge in [-0.05, 0) is 0 Å². The highest BCUT2D eigenvalue weighted by Crippen LogP contribution is 2.13. The molecule has 2 radical (unpaired) electrons. The number of nitrogens with one attached hydrogen (secondary N) is 1. The van der Waals surface area contributed by atoms with Gasteiger partial charge in [-0.3, -0.25) is 11.1 Å². The van der Waals surface area contributed by atoms with Gasteiger partial charge in [-0.25, -0.2) is 0 Å². The van der Waals surface area contributed by atoms with Crippen molar-refractivity contribution >= 4 is 19.2 Å². The van der Waals surface area contributed by atoms with E-state index in [9.17, 15) is 0 Å². The summed E-state index contributed by atoms with van der Waals surface area (Å²) in [7, 11) is 5.58. The van der Waals surface area contributed by atoms with Gasteiger partial charge in [0.15, 0.2) is 6.23 Å². The Labute approximate surface area is 108 Å². The van der Waals surface area contributed by atoms with Crippen LogP contribution in [-0.2, 0) is 4.74 Å². The van der Waals surface area contributed by atoms with Crippen molar-refractivity contribution in [3.63, 3.8) is 0 Å². The number of rotatable bonds is 3. The molecule has 2 aromatic rings. The molecule has 2 aromatic carbocycles. The van der Waals surface area contributed by atoms with E-state index in [2.05, 4.69) is 0 Å². The fourth-order valence-corrected chi connectivity index (χ4v) is 1.54. The van der Waals surface area contributed by atoms with Gasteiger partial charge in [0.2, 0.25) is 5.90 Å². The fraction of sp³-hybridized carbons (Fsp3) is 0.0714. The molecule has 0 aliphatic carbocycles. The molecule has 0 spiro atoms. The van der Waals surface area contributed by atoms with E-state index in [1.54, 1.807) is 24.3 Å². The molecule has 1 atom stereocenters. The maximum absolute atomic E-state index is 7.84. The maximum atomic E-state index is 7.84. The van der Waals surface area contributed by atoms with Crippen LogP contribution in [0.3, 0.4) is 0 Å². The first kappa shape index (κ1) is 12.4. The summed E-state index contributed by atoms with van der Waals surface area (Å²) in [6.45, 7) is 0. The van der Waals surface area contributed by atoms with E-state index in [4.69, 9.17) is 23.7 Å². The molecule has 3 nitrogen and oxygen atoms in total. The molecule has 0 bridgehead atoms. The van der Waals surface area contributed by atoms with E-state index in [1.165, 1.54) is 0 Å². The van der Waals surface area contributed by atoms with Gasteiger partial charge in [0.25, 0.3) is 0 Å². The Morgan fingerprint density at radius 2 is 1.67 bits per heavy atom. The highest BCUT2D eigenvalue weighted by atomic mass is 16.5. The second-order valence-corrected chi connectivity index (χ2v) is 3.90. The summed E-state index contributed by atoms with van der Waals surface area (Å²) in [5, 5.41) is 7.84. The smallest absolute Gasteiger partial charge is 0.215 e. The Balaban J connectivity index is 2.06. The highest BCUT2D eigenvalue weighted by Gasteiger charge is 2.10. The molecule has 18 heavy (non-hydrogen) atoms. The molecule has 0 aromatic heterocycles. The molecule has 4 heteroatoms. The van der Waals surface area contributed by atoms with E-state index >= 15 is 0 Å². The third-order valence-electron chi connectivity index (χ3n) is 2.55. The van der Waals surface area contributed by atoms with E-state index in [-0.39, 0.29) is 5.90 Å². The summed E-state index contributed by atoms with van der Waals surface area (Å²) >= 11 is 0. The number of nitrogens with two attached hydrogens (primary N) is 1. The Kier molecular flexibility index (Phi) is 3.80. The molecule has 2 rings (SSSR count). The Bertz CT molecular complexity index is 525. The van der Waals surface area contributed by atoms with E-state index in [1.807, 2.05) is 30.3 Å². The van der Waals surface area contributed by atoms with Crippen molar-refractivity contribution < 1.29 is 4.74 Å². The zero-order valence-electron chi connectivity index (χ0n) is 9.84. The van der Waals surface area contributed by atoms with Gasteiger partial charge >= 0.3 is 0 Å². The van der Waals surface area contributed by atoms with Crippen LogP contribution < -0.4 is 11.2 Å². The zero-order chi connectivity index (χ0) is 13.0. The fourth-order valence-electron chi connectivity index (χ4n) is 1.54. The van der Waals surface area contributed by atoms with Crippen molar-refractivity contribution in [1.29, 1.82) is 5.41 Å². The summed E-state index contributed by atoms with van der Waals surface area (Å²) < 4.78 is 5.38. The first-order valence-electron chi connectivity index (χ1n) is 5.58. The summed E-state index contributed by atoms with van der Waals surface area (Å²) in [5.74, 6) is 0.0337. The molecule has 0 aliphatic heterocycles. The number of hydrogen-bond acceptors (Lipinski definition) is 3. The second kappa shape index (κ2) is 5.51. The normalized spacial score (nSPS) is 11.8. The third kappa shape index (κ3) is 2.99. The van der Waals surface area contributed by atoms with Gasteiger partial charge in [0.05, 0.1) is 0 Å². The van der Waals surface area contributed by atoms with Gasteiger partial charge in [0.1, 0.15) is 7.85 Å². The van der Waals surface area contributed by atoms with Crippen LogP contribution in [0.5, 0.6) is 0 Å². The first-order chi connectivity index (χ1) is 8.66. The maximum Gasteiger partial charge on any atom is 0.215 e. The van der Waals surface area contributed by atoms with Crippen LogP contribution in [0.15, 0.2) is 54.6 Å². The Morgan fingerprint density at radius 3 is 2.28 bits per heavy atom. The van der Waals surface area contributed by atoms with Gasteiger partial charge in [0, 0.05) is 11.1 Å². The lowest BCUT2D eigenvalue weighted by atomic mass is 9.95. The van der Waals surface area contributed by atoms with Crippen molar-refractivity contribution in [2.75, 3.05) is 0 Å². The largest absolute Gasteiger partial charge is 0.454 e. The lowest BCUT2D eigenvalue weighted by molar-refractivity contribution is 0.199. The monoisotopic (exact) mass is 236 g/mol. The molecule has 0 amide bonds. The van der Waals surface area contributed by atoms with Crippen molar-refractivity contribution in [3.05, 3.63) is 65.7 Å². The first-order valence-corrected chi connectivity index (χ1v) is 5.58. The number of hydrogen-bond donors (Lipinski definition) is 2. The quantitative estimate of drug-likeness (QED) is 0.367. The molecule has 0 fully saturated rings. The third-order valence-corrected chi connectivity index (χ3v) is 2.55. The van der Waals surface area contributed by atoms with Gasteiger partial charge in [-0.1, -0.05) is 60.1 Å². The van der Waals surface area contributed by atoms with Crippen LogP contribution in [0.1, 0.15) is 17.4 Å². The Hall–Kier alpha value is -2.07. The highest BCUT2D eigenvalue weighted by molar-refractivity contribution is 6.32. The van der Waals surface area contributed by atoms with Crippen LogP contribution in [-0.4, -0.2) is 13.7 Å². The number of benzene rings is 2. The van der Waals surface area contributed by atoms with Crippen molar-refractivity contribution in [3.8, 4) is 0 Å². The van der Waals surface area contributed by atoms with E-state index in [0.717, 1.165) is 5.56 Å². The minimum Gasteiger partial charge on any atom is -0.454 e. The van der Waals surface area contributed by atoms with Crippen LogP contribution >= 0.6 is 0 Å². The molecule has 0 saturated heterocycles. The predicted octanol–water partition coefficient (Wildman–Crippen LogP) is 1.48. The van der Waals surface area contributed by atoms with Crippen molar-refractivity contribution in [1.82, 2.24) is 0 Å². The average molecular weight is 236 g/mol. The summed E-state index contributed by atoms with van der Waals surface area (Å²) in [4.78, 5) is 0. The van der Waals surface area contributed by atoms with Gasteiger partial charge in [-0.15, -0.1) is 0 Å². The minimum absolute atomic E-state index is 0.0337. The topological polar surface area (TPSA) is 59.1 Å². The molecule has 0 saturated carbocycles. The average Bonchev–Trinajstić information content (AvgIpc) is 2.40. The van der Waals surface area contributed by atoms with Crippen molar-refractivity contribution in [2.45, 2.75) is 6.23 Å². The van der Waals surface area contributed by atoms with Crippen LogP contribution in [0.25, 0.3) is 0 Å². The molecule has 3 N–H and O–H groups in total. The SMILES string of the molecule is [B]c1ccc(C(=N)OC(N)c2ccccc2)cc1. The number of ether oxygens (including phenoxy) is 1. The molecular weight excluding hydrogens is 223 g/mol. The summed E-state index contributed by atoms with van der Waals surface area (Å²) in [5.41, 5.74) is 8.01. The predicted molar refractivity (Wildman–Crippen MR) is 73.1 cm³/mol. The summed E-state index contributed by atoms with van der Waals surface area (Å²) in [6.07, 6.45) is -0.642. The standard InChI is InChI=1S/C14H13BN2O/c15-12-8-6-11(7-9-12)14(17)18-13(16)10-4-2-1-3-5-10/h1-9,13,17H,16H2. The minimum atomic E-state index is -0.642. The molecular formula is C14H13BN2O. The van der Waals surface area contributed by atoms with Crippen LogP contribution in [0, 0.1) is 5.41 Å². The second-order valence-electron chi connectivity index (χ2n) is 3.90. The molecule has 1 unspecified atom stereocenters. The van der Waals surface area contributed by atoms with E-state index in [0.29, 0.717) is 11.0 Å².